The predicted octanol–water partition coefficient (Wildman–Crippen LogP) is 2.75. The van der Waals surface area contributed by atoms with Crippen molar-refractivity contribution in [2.75, 3.05) is 0 Å². The third-order valence-electron chi connectivity index (χ3n) is 2.42. The zero-order chi connectivity index (χ0) is 12.4. The normalized spacial score (nSPS) is 12.5. The topological polar surface area (TPSA) is 33.1 Å². The molecule has 2 rings (SSSR count). The van der Waals surface area contributed by atoms with E-state index in [1.807, 2.05) is 6.92 Å². The summed E-state index contributed by atoms with van der Waals surface area (Å²) in [5.41, 5.74) is 1.46. The highest BCUT2D eigenvalue weighted by molar-refractivity contribution is 5.27. The number of aryl methyl sites for hydroxylation is 1. The minimum absolute atomic E-state index is 0.152. The Morgan fingerprint density at radius 2 is 1.76 bits per heavy atom. The molecule has 0 aliphatic heterocycles. The van der Waals surface area contributed by atoms with Gasteiger partial charge >= 0.3 is 0 Å². The van der Waals surface area contributed by atoms with Crippen LogP contribution in [0.5, 0.6) is 0 Å². The van der Waals surface area contributed by atoms with Crippen LogP contribution in [-0.2, 0) is 0 Å². The van der Waals surface area contributed by atoms with Crippen LogP contribution in [0.3, 0.4) is 0 Å². The summed E-state index contributed by atoms with van der Waals surface area (Å²) >= 11 is 0. The Hall–Kier alpha value is -1.81. The molecule has 1 unspecified atom stereocenters. The molecule has 4 heteroatoms. The Morgan fingerprint density at radius 3 is 2.29 bits per heavy atom. The maximum atomic E-state index is 13.0. The Bertz CT molecular complexity index is 505. The van der Waals surface area contributed by atoms with E-state index in [4.69, 9.17) is 0 Å². The molecular weight excluding hydrogens is 224 g/mol. The summed E-state index contributed by atoms with van der Waals surface area (Å²) in [6.07, 6.45) is 0.467. The van der Waals surface area contributed by atoms with Gasteiger partial charge in [0.15, 0.2) is 0 Å². The highest BCUT2D eigenvalue weighted by Gasteiger charge is 2.13. The number of halogens is 2. The first-order valence-electron chi connectivity index (χ1n) is 5.13. The Labute approximate surface area is 97.6 Å². The number of aliphatic hydroxyl groups excluding tert-OH is 1. The van der Waals surface area contributed by atoms with Crippen molar-refractivity contribution < 1.29 is 13.9 Å². The van der Waals surface area contributed by atoms with Gasteiger partial charge < -0.3 is 5.11 Å². The second kappa shape index (κ2) is 4.59. The van der Waals surface area contributed by atoms with Crippen LogP contribution in [0.4, 0.5) is 8.78 Å². The van der Waals surface area contributed by atoms with E-state index in [2.05, 4.69) is 4.98 Å². The van der Waals surface area contributed by atoms with Gasteiger partial charge in [0, 0.05) is 12.3 Å². The molecule has 88 valence electrons. The number of aliphatic hydroxyl groups is 1. The van der Waals surface area contributed by atoms with Gasteiger partial charge in [-0.05, 0) is 36.2 Å². The van der Waals surface area contributed by atoms with Crippen LogP contribution in [0.1, 0.15) is 22.9 Å². The number of aromatic nitrogens is 1. The van der Waals surface area contributed by atoms with E-state index in [0.717, 1.165) is 23.8 Å². The number of rotatable bonds is 2. The Kier molecular flexibility index (Phi) is 3.15. The van der Waals surface area contributed by atoms with Gasteiger partial charge in [0.1, 0.15) is 17.7 Å². The number of nitrogens with zero attached hydrogens (tertiary/aromatic N) is 1. The summed E-state index contributed by atoms with van der Waals surface area (Å²) in [5, 5.41) is 9.94. The minimum atomic E-state index is -1.12. The summed E-state index contributed by atoms with van der Waals surface area (Å²) in [4.78, 5) is 4.02. The van der Waals surface area contributed by atoms with Crippen LogP contribution in [0.2, 0.25) is 0 Å². The second-order valence-corrected chi connectivity index (χ2v) is 3.87. The molecule has 2 nitrogen and oxygen atoms in total. The molecule has 0 amide bonds. The molecule has 0 saturated carbocycles. The molecule has 0 fully saturated rings. The van der Waals surface area contributed by atoms with Crippen molar-refractivity contribution in [3.8, 4) is 0 Å². The predicted molar refractivity (Wildman–Crippen MR) is 59.4 cm³/mol. The molecule has 1 aromatic heterocycles. The SMILES string of the molecule is Cc1ccc(C(O)c2cc(F)cc(F)c2)nc1. The average Bonchev–Trinajstić information content (AvgIpc) is 2.28. The van der Waals surface area contributed by atoms with Crippen molar-refractivity contribution in [3.05, 3.63) is 65.0 Å². The fraction of sp³-hybridized carbons (Fsp3) is 0.154. The molecule has 0 aliphatic carbocycles. The lowest BCUT2D eigenvalue weighted by atomic mass is 10.1. The standard InChI is InChI=1S/C13H11F2NO/c1-8-2-3-12(16-7-8)13(17)9-4-10(14)6-11(15)5-9/h2-7,13,17H,1H3. The molecule has 0 saturated heterocycles. The van der Waals surface area contributed by atoms with Crippen molar-refractivity contribution >= 4 is 0 Å². The third kappa shape index (κ3) is 2.65. The van der Waals surface area contributed by atoms with Crippen molar-refractivity contribution in [1.82, 2.24) is 4.98 Å². The largest absolute Gasteiger partial charge is 0.382 e. The monoisotopic (exact) mass is 235 g/mol. The van der Waals surface area contributed by atoms with E-state index >= 15 is 0 Å². The summed E-state index contributed by atoms with van der Waals surface area (Å²) in [7, 11) is 0. The van der Waals surface area contributed by atoms with Crippen LogP contribution in [0, 0.1) is 18.6 Å². The molecule has 0 aliphatic rings. The molecule has 1 atom stereocenters. The second-order valence-electron chi connectivity index (χ2n) is 3.87. The molecule has 17 heavy (non-hydrogen) atoms. The summed E-state index contributed by atoms with van der Waals surface area (Å²) in [6, 6.07) is 6.35. The van der Waals surface area contributed by atoms with E-state index < -0.39 is 17.7 Å². The highest BCUT2D eigenvalue weighted by Crippen LogP contribution is 2.22. The maximum Gasteiger partial charge on any atom is 0.126 e. The van der Waals surface area contributed by atoms with Crippen LogP contribution in [0.15, 0.2) is 36.5 Å². The fourth-order valence-corrected chi connectivity index (χ4v) is 1.54. The molecule has 0 spiro atoms. The van der Waals surface area contributed by atoms with E-state index in [1.165, 1.54) is 0 Å². The Morgan fingerprint density at radius 1 is 1.12 bits per heavy atom. The van der Waals surface area contributed by atoms with Crippen LogP contribution >= 0.6 is 0 Å². The first-order valence-corrected chi connectivity index (χ1v) is 5.13. The van der Waals surface area contributed by atoms with Crippen molar-refractivity contribution in [1.29, 1.82) is 0 Å². The van der Waals surface area contributed by atoms with Crippen molar-refractivity contribution in [3.63, 3.8) is 0 Å². The van der Waals surface area contributed by atoms with Gasteiger partial charge in [-0.2, -0.15) is 0 Å². The lowest BCUT2D eigenvalue weighted by Crippen LogP contribution is -2.03. The molecule has 0 bridgehead atoms. The third-order valence-corrected chi connectivity index (χ3v) is 2.42. The van der Waals surface area contributed by atoms with Gasteiger partial charge in [-0.1, -0.05) is 6.07 Å². The van der Waals surface area contributed by atoms with Gasteiger partial charge in [0.2, 0.25) is 0 Å². The van der Waals surface area contributed by atoms with Crippen LogP contribution in [-0.4, -0.2) is 10.1 Å². The fourth-order valence-electron chi connectivity index (χ4n) is 1.54. The molecule has 0 radical (unpaired) electrons. The lowest BCUT2D eigenvalue weighted by Gasteiger charge is -2.10. The minimum Gasteiger partial charge on any atom is -0.382 e. The molecule has 1 heterocycles. The average molecular weight is 235 g/mol. The van der Waals surface area contributed by atoms with Crippen molar-refractivity contribution in [2.24, 2.45) is 0 Å². The van der Waals surface area contributed by atoms with Gasteiger partial charge in [0.05, 0.1) is 5.69 Å². The summed E-state index contributed by atoms with van der Waals surface area (Å²) < 4.78 is 26.0. The van der Waals surface area contributed by atoms with Gasteiger partial charge in [0.25, 0.3) is 0 Å². The summed E-state index contributed by atoms with van der Waals surface area (Å²) in [6.45, 7) is 1.87. The van der Waals surface area contributed by atoms with Crippen LogP contribution in [0.25, 0.3) is 0 Å². The first-order chi connectivity index (χ1) is 8.06. The van der Waals surface area contributed by atoms with E-state index in [9.17, 15) is 13.9 Å². The lowest BCUT2D eigenvalue weighted by molar-refractivity contribution is 0.214. The highest BCUT2D eigenvalue weighted by atomic mass is 19.1. The zero-order valence-corrected chi connectivity index (χ0v) is 9.19. The quantitative estimate of drug-likeness (QED) is 0.868. The van der Waals surface area contributed by atoms with Crippen molar-refractivity contribution in [2.45, 2.75) is 13.0 Å². The van der Waals surface area contributed by atoms with Gasteiger partial charge in [-0.3, -0.25) is 4.98 Å². The number of pyridine rings is 1. The summed E-state index contributed by atoms with van der Waals surface area (Å²) in [5.74, 6) is -1.43. The van der Waals surface area contributed by atoms with Gasteiger partial charge in [-0.25, -0.2) is 8.78 Å². The molecule has 1 N–H and O–H groups in total. The number of benzene rings is 1. The number of hydrogen-bond donors (Lipinski definition) is 1. The van der Waals surface area contributed by atoms with Crippen LogP contribution < -0.4 is 0 Å². The maximum absolute atomic E-state index is 13.0. The smallest absolute Gasteiger partial charge is 0.126 e. The molecule has 2 aromatic rings. The van der Waals surface area contributed by atoms with E-state index in [-0.39, 0.29) is 5.56 Å². The Balaban J connectivity index is 2.36. The van der Waals surface area contributed by atoms with E-state index in [1.54, 1.807) is 18.3 Å². The first kappa shape index (κ1) is 11.7. The van der Waals surface area contributed by atoms with Gasteiger partial charge in [-0.15, -0.1) is 0 Å². The number of hydrogen-bond acceptors (Lipinski definition) is 2. The molecule has 1 aromatic carbocycles. The van der Waals surface area contributed by atoms with E-state index in [0.29, 0.717) is 5.69 Å². The zero-order valence-electron chi connectivity index (χ0n) is 9.19. The molecular formula is C13H11F2NO.